The van der Waals surface area contributed by atoms with Crippen LogP contribution in [0.2, 0.25) is 25.1 Å². The lowest BCUT2D eigenvalue weighted by molar-refractivity contribution is -0.118. The van der Waals surface area contributed by atoms with E-state index in [2.05, 4.69) is 10.5 Å². The number of hydrogen-bond donors (Lipinski definition) is 1. The predicted octanol–water partition coefficient (Wildman–Crippen LogP) is 6.21. The zero-order valence-electron chi connectivity index (χ0n) is 14.5. The lowest BCUT2D eigenvalue weighted by Gasteiger charge is -2.11. The molecule has 0 aliphatic rings. The van der Waals surface area contributed by atoms with Crippen LogP contribution < -0.4 is 14.9 Å². The first-order chi connectivity index (χ1) is 13.3. The van der Waals surface area contributed by atoms with Crippen molar-refractivity contribution in [1.29, 1.82) is 0 Å². The Hall–Kier alpha value is -1.02. The molecule has 1 N–H and O–H groups in total. The van der Waals surface area contributed by atoms with Crippen LogP contribution in [-0.2, 0) is 4.79 Å². The molecule has 28 heavy (non-hydrogen) atoms. The fraction of sp³-hybridized carbons (Fsp3) is 0.176. The summed E-state index contributed by atoms with van der Waals surface area (Å²) >= 11 is 31.3. The van der Waals surface area contributed by atoms with Crippen molar-refractivity contribution in [3.63, 3.8) is 0 Å². The summed E-state index contributed by atoms with van der Waals surface area (Å²) in [6.07, 6.45) is 1.46. The van der Waals surface area contributed by atoms with Crippen molar-refractivity contribution in [3.8, 4) is 11.5 Å². The minimum absolute atomic E-state index is 0.0230. The van der Waals surface area contributed by atoms with Crippen molar-refractivity contribution in [3.05, 3.63) is 48.9 Å². The van der Waals surface area contributed by atoms with Crippen LogP contribution in [-0.4, -0.2) is 32.1 Å². The number of halogens is 5. The Labute approximate surface area is 191 Å². The first-order valence-electron chi connectivity index (χ1n) is 7.48. The third kappa shape index (κ3) is 5.53. The van der Waals surface area contributed by atoms with E-state index in [0.717, 1.165) is 11.8 Å². The van der Waals surface area contributed by atoms with Crippen molar-refractivity contribution < 1.29 is 14.3 Å². The van der Waals surface area contributed by atoms with Gasteiger partial charge in [0.05, 0.1) is 51.3 Å². The van der Waals surface area contributed by atoms with Crippen LogP contribution in [0.15, 0.2) is 28.2 Å². The van der Waals surface area contributed by atoms with E-state index in [4.69, 9.17) is 67.5 Å². The lowest BCUT2D eigenvalue weighted by atomic mass is 10.2. The Morgan fingerprint density at radius 2 is 1.64 bits per heavy atom. The maximum atomic E-state index is 12.0. The van der Waals surface area contributed by atoms with Crippen LogP contribution in [0.25, 0.3) is 0 Å². The Bertz CT molecular complexity index is 895. The molecule has 0 heterocycles. The highest BCUT2D eigenvalue weighted by molar-refractivity contribution is 8.00. The molecule has 0 aliphatic heterocycles. The van der Waals surface area contributed by atoms with E-state index in [1.54, 1.807) is 25.3 Å². The van der Waals surface area contributed by atoms with E-state index in [0.29, 0.717) is 22.0 Å². The summed E-state index contributed by atoms with van der Waals surface area (Å²) in [5.74, 6) is 0.785. The molecule has 0 bridgehead atoms. The average molecular weight is 503 g/mol. The molecule has 0 aromatic heterocycles. The molecule has 0 aliphatic carbocycles. The maximum absolute atomic E-state index is 12.0. The number of amides is 1. The standard InChI is InChI=1S/C17H13Cl5N2O3S/c1-26-9-4-3-8(10(5-9)27-2)6-23-24-11(25)7-28-17-15(21)13(19)12(18)14(20)16(17)22/h3-6H,7H2,1-2H3,(H,24,25)/b23-6+. The van der Waals surface area contributed by atoms with E-state index in [1.165, 1.54) is 13.3 Å². The molecule has 1 amide bonds. The van der Waals surface area contributed by atoms with Crippen molar-refractivity contribution in [1.82, 2.24) is 5.43 Å². The van der Waals surface area contributed by atoms with Crippen molar-refractivity contribution in [2.24, 2.45) is 5.10 Å². The van der Waals surface area contributed by atoms with Crippen LogP contribution in [0.1, 0.15) is 5.56 Å². The van der Waals surface area contributed by atoms with E-state index in [-0.39, 0.29) is 36.8 Å². The van der Waals surface area contributed by atoms with Crippen LogP contribution in [0.4, 0.5) is 0 Å². The number of rotatable bonds is 7. The Balaban J connectivity index is 2.02. The fourth-order valence-electron chi connectivity index (χ4n) is 1.98. The van der Waals surface area contributed by atoms with Gasteiger partial charge in [-0.25, -0.2) is 5.43 Å². The van der Waals surface area contributed by atoms with E-state index < -0.39 is 0 Å². The number of nitrogens with one attached hydrogen (secondary N) is 1. The molecule has 0 saturated heterocycles. The van der Waals surface area contributed by atoms with Gasteiger partial charge in [0.15, 0.2) is 0 Å². The molecule has 150 valence electrons. The minimum Gasteiger partial charge on any atom is -0.497 e. The van der Waals surface area contributed by atoms with Crippen molar-refractivity contribution >= 4 is 81.9 Å². The number of carbonyl (C=O) groups excluding carboxylic acids is 1. The summed E-state index contributed by atoms with van der Waals surface area (Å²) in [5.41, 5.74) is 3.07. The second-order valence-electron chi connectivity index (χ2n) is 5.09. The second-order valence-corrected chi connectivity index (χ2v) is 7.96. The van der Waals surface area contributed by atoms with Gasteiger partial charge in [0.2, 0.25) is 5.91 Å². The summed E-state index contributed by atoms with van der Waals surface area (Å²) in [6.45, 7) is 0. The molecule has 2 aromatic carbocycles. The van der Waals surface area contributed by atoms with Crippen molar-refractivity contribution in [2.45, 2.75) is 4.90 Å². The lowest BCUT2D eigenvalue weighted by Crippen LogP contribution is -2.19. The molecule has 5 nitrogen and oxygen atoms in total. The Morgan fingerprint density at radius 3 is 2.21 bits per heavy atom. The largest absolute Gasteiger partial charge is 0.497 e. The first kappa shape index (κ1) is 23.3. The van der Waals surface area contributed by atoms with Crippen LogP contribution in [0, 0.1) is 0 Å². The van der Waals surface area contributed by atoms with Gasteiger partial charge in [-0.15, -0.1) is 11.8 Å². The normalized spacial score (nSPS) is 11.0. The maximum Gasteiger partial charge on any atom is 0.250 e. The molecule has 11 heteroatoms. The third-order valence-electron chi connectivity index (χ3n) is 3.35. The topological polar surface area (TPSA) is 59.9 Å². The fourth-order valence-corrected chi connectivity index (χ4v) is 4.36. The molecule has 0 unspecified atom stereocenters. The number of benzene rings is 2. The van der Waals surface area contributed by atoms with Gasteiger partial charge < -0.3 is 9.47 Å². The number of ether oxygens (including phenoxy) is 2. The summed E-state index contributed by atoms with van der Waals surface area (Å²) in [5, 5.41) is 4.38. The van der Waals surface area contributed by atoms with Crippen molar-refractivity contribution in [2.75, 3.05) is 20.0 Å². The van der Waals surface area contributed by atoms with Gasteiger partial charge in [0.1, 0.15) is 11.5 Å². The number of methoxy groups -OCH3 is 2. The molecule has 0 atom stereocenters. The molecular formula is C17H13Cl5N2O3S. The summed E-state index contributed by atoms with van der Waals surface area (Å²) < 4.78 is 10.4. The third-order valence-corrected chi connectivity index (χ3v) is 6.95. The van der Waals surface area contributed by atoms with E-state index in [9.17, 15) is 4.79 Å². The van der Waals surface area contributed by atoms with Gasteiger partial charge >= 0.3 is 0 Å². The number of nitrogens with zero attached hydrogens (tertiary/aromatic N) is 1. The van der Waals surface area contributed by atoms with Gasteiger partial charge in [-0.3, -0.25) is 4.79 Å². The predicted molar refractivity (Wildman–Crippen MR) is 117 cm³/mol. The molecule has 0 fully saturated rings. The zero-order chi connectivity index (χ0) is 20.8. The Morgan fingerprint density at radius 1 is 1.04 bits per heavy atom. The van der Waals surface area contributed by atoms with Crippen LogP contribution >= 0.6 is 69.8 Å². The Kier molecular flexibility index (Phi) is 8.86. The molecule has 2 rings (SSSR count). The molecule has 0 radical (unpaired) electrons. The van der Waals surface area contributed by atoms with E-state index >= 15 is 0 Å². The van der Waals surface area contributed by atoms with Gasteiger partial charge in [-0.2, -0.15) is 5.10 Å². The smallest absolute Gasteiger partial charge is 0.250 e. The van der Waals surface area contributed by atoms with Gasteiger partial charge in [0, 0.05) is 16.5 Å². The van der Waals surface area contributed by atoms with E-state index in [1.807, 2.05) is 0 Å². The minimum atomic E-state index is -0.386. The summed E-state index contributed by atoms with van der Waals surface area (Å²) in [6, 6.07) is 5.20. The van der Waals surface area contributed by atoms with Gasteiger partial charge in [-0.1, -0.05) is 58.0 Å². The second kappa shape index (κ2) is 10.7. The highest BCUT2D eigenvalue weighted by atomic mass is 35.5. The summed E-state index contributed by atoms with van der Waals surface area (Å²) in [7, 11) is 3.08. The number of thioether (sulfide) groups is 1. The zero-order valence-corrected chi connectivity index (χ0v) is 19.1. The summed E-state index contributed by atoms with van der Waals surface area (Å²) in [4.78, 5) is 12.4. The monoisotopic (exact) mass is 500 g/mol. The highest BCUT2D eigenvalue weighted by Crippen LogP contribution is 2.47. The van der Waals surface area contributed by atoms with Gasteiger partial charge in [0.25, 0.3) is 0 Å². The van der Waals surface area contributed by atoms with Gasteiger partial charge in [-0.05, 0) is 12.1 Å². The van der Waals surface area contributed by atoms with Crippen LogP contribution in [0.5, 0.6) is 11.5 Å². The highest BCUT2D eigenvalue weighted by Gasteiger charge is 2.20. The molecule has 0 spiro atoms. The quantitative estimate of drug-likeness (QED) is 0.161. The number of carbonyl (C=O) groups is 1. The molecule has 2 aromatic rings. The first-order valence-corrected chi connectivity index (χ1v) is 10.4. The molecule has 0 saturated carbocycles. The van der Waals surface area contributed by atoms with Crippen LogP contribution in [0.3, 0.4) is 0 Å². The number of hydrogen-bond acceptors (Lipinski definition) is 5. The average Bonchev–Trinajstić information content (AvgIpc) is 2.70. The SMILES string of the molecule is COc1ccc(/C=N/NC(=O)CSc2c(Cl)c(Cl)c(Cl)c(Cl)c2Cl)c(OC)c1. The molecular weight excluding hydrogens is 490 g/mol. The number of hydrazone groups is 1.